The van der Waals surface area contributed by atoms with Gasteiger partial charge in [0.15, 0.2) is 23.3 Å². The predicted molar refractivity (Wildman–Crippen MR) is 121 cm³/mol. The molecule has 0 spiro atoms. The Kier molecular flexibility index (Phi) is 6.42. The average Bonchev–Trinajstić information content (AvgIpc) is 3.20. The molecular formula is C22H17BrF3N5O3. The van der Waals surface area contributed by atoms with Gasteiger partial charge in [0.05, 0.1) is 18.6 Å². The number of aromatic nitrogens is 5. The van der Waals surface area contributed by atoms with Gasteiger partial charge in [-0.05, 0) is 29.8 Å². The second-order valence-corrected chi connectivity index (χ2v) is 8.28. The third-order valence-corrected chi connectivity index (χ3v) is 5.40. The number of nitrogens with zero attached hydrogens (tertiary/aromatic N) is 5. The zero-order valence-corrected chi connectivity index (χ0v) is 19.4. The number of rotatable bonds is 7. The van der Waals surface area contributed by atoms with E-state index in [1.165, 1.54) is 23.2 Å². The topological polar surface area (TPSA) is 83.9 Å². The Morgan fingerprint density at radius 1 is 1.09 bits per heavy atom. The summed E-state index contributed by atoms with van der Waals surface area (Å²) in [5.74, 6) is -4.03. The lowest BCUT2D eigenvalue weighted by Crippen LogP contribution is -2.41. The lowest BCUT2D eigenvalue weighted by molar-refractivity contribution is 0.366. The molecule has 0 aliphatic carbocycles. The molecule has 2 aromatic carbocycles. The number of hydrogen-bond donors (Lipinski definition) is 0. The minimum atomic E-state index is -1.62. The fourth-order valence-electron chi connectivity index (χ4n) is 3.50. The van der Waals surface area contributed by atoms with Gasteiger partial charge in [-0.15, -0.1) is 0 Å². The average molecular weight is 536 g/mol. The Labute approximate surface area is 198 Å². The number of fused-ring (bicyclic) bond motifs is 1. The first-order valence-electron chi connectivity index (χ1n) is 9.88. The molecular weight excluding hydrogens is 519 g/mol. The van der Waals surface area contributed by atoms with Crippen LogP contribution in [-0.4, -0.2) is 30.5 Å². The Bertz CT molecular complexity index is 1520. The largest absolute Gasteiger partial charge is 0.489 e. The summed E-state index contributed by atoms with van der Waals surface area (Å²) in [5, 5.41) is 4.16. The second-order valence-electron chi connectivity index (χ2n) is 7.37. The molecule has 4 aromatic rings. The van der Waals surface area contributed by atoms with E-state index in [1.54, 1.807) is 13.1 Å². The monoisotopic (exact) mass is 535 g/mol. The summed E-state index contributed by atoms with van der Waals surface area (Å²) in [4.78, 5) is 30.9. The number of hydrogen-bond acceptors (Lipinski definition) is 5. The highest BCUT2D eigenvalue weighted by molar-refractivity contribution is 9.10. The summed E-state index contributed by atoms with van der Waals surface area (Å²) in [6.07, 6.45) is 2.91. The van der Waals surface area contributed by atoms with E-state index in [2.05, 4.69) is 32.6 Å². The number of ether oxygens (including phenoxy) is 1. The Balaban J connectivity index is 2.00. The van der Waals surface area contributed by atoms with Crippen molar-refractivity contribution in [2.75, 3.05) is 6.61 Å². The van der Waals surface area contributed by atoms with E-state index < -0.39 is 28.7 Å². The first-order valence-corrected chi connectivity index (χ1v) is 10.7. The highest BCUT2D eigenvalue weighted by Gasteiger charge is 2.20. The summed E-state index contributed by atoms with van der Waals surface area (Å²) < 4.78 is 50.8. The fraction of sp³-hybridized carbons (Fsp3) is 0.182. The van der Waals surface area contributed by atoms with Crippen molar-refractivity contribution in [3.8, 4) is 5.75 Å². The number of benzene rings is 2. The minimum absolute atomic E-state index is 0.0190. The van der Waals surface area contributed by atoms with Crippen LogP contribution in [0, 0.1) is 17.5 Å². The summed E-state index contributed by atoms with van der Waals surface area (Å²) in [6.45, 7) is 3.07. The van der Waals surface area contributed by atoms with Crippen LogP contribution in [0.25, 0.3) is 10.9 Å². The number of halogens is 4. The van der Waals surface area contributed by atoms with Crippen molar-refractivity contribution >= 4 is 26.8 Å². The highest BCUT2D eigenvalue weighted by atomic mass is 79.9. The summed E-state index contributed by atoms with van der Waals surface area (Å²) >= 11 is 3.33. The van der Waals surface area contributed by atoms with Crippen LogP contribution < -0.4 is 16.0 Å². The van der Waals surface area contributed by atoms with Crippen molar-refractivity contribution in [2.24, 2.45) is 7.05 Å². The lowest BCUT2D eigenvalue weighted by Gasteiger charge is -2.16. The van der Waals surface area contributed by atoms with Gasteiger partial charge in [-0.3, -0.25) is 18.6 Å². The van der Waals surface area contributed by atoms with Crippen LogP contribution in [0.5, 0.6) is 5.75 Å². The van der Waals surface area contributed by atoms with Gasteiger partial charge in [-0.1, -0.05) is 28.6 Å². The molecule has 8 nitrogen and oxygen atoms in total. The second kappa shape index (κ2) is 9.29. The standard InChI is InChI=1S/C22H17BrF3N5O3/c1-3-4-34-17-8-13(23)7-16-19(17)21(32)31(10-18-27-11-29(2)28-18)22(33)30(16)9-12-5-14(24)20(26)15(25)6-12/h3,5-8,11H,1,4,9-10H2,2H3. The molecule has 0 fully saturated rings. The number of aryl methyl sites for hydroxylation is 1. The molecule has 0 N–H and O–H groups in total. The summed E-state index contributed by atoms with van der Waals surface area (Å²) in [7, 11) is 1.63. The van der Waals surface area contributed by atoms with Crippen molar-refractivity contribution in [3.05, 3.63) is 97.4 Å². The molecule has 0 bridgehead atoms. The van der Waals surface area contributed by atoms with Crippen molar-refractivity contribution in [2.45, 2.75) is 13.1 Å². The maximum absolute atomic E-state index is 13.8. The summed E-state index contributed by atoms with van der Waals surface area (Å²) in [6, 6.07) is 4.65. The molecule has 0 unspecified atom stereocenters. The van der Waals surface area contributed by atoms with Gasteiger partial charge in [-0.25, -0.2) is 22.9 Å². The third-order valence-electron chi connectivity index (χ3n) is 4.95. The van der Waals surface area contributed by atoms with E-state index in [-0.39, 0.29) is 47.7 Å². The third kappa shape index (κ3) is 4.40. The predicted octanol–water partition coefficient (Wildman–Crippen LogP) is 3.13. The van der Waals surface area contributed by atoms with Crippen LogP contribution in [0.4, 0.5) is 13.2 Å². The van der Waals surface area contributed by atoms with Gasteiger partial charge < -0.3 is 4.74 Å². The van der Waals surface area contributed by atoms with Gasteiger partial charge in [0.25, 0.3) is 5.56 Å². The van der Waals surface area contributed by atoms with Crippen molar-refractivity contribution in [3.63, 3.8) is 0 Å². The molecule has 0 saturated carbocycles. The van der Waals surface area contributed by atoms with Gasteiger partial charge >= 0.3 is 5.69 Å². The molecule has 12 heteroatoms. The first kappa shape index (κ1) is 23.5. The Morgan fingerprint density at radius 3 is 2.41 bits per heavy atom. The van der Waals surface area contributed by atoms with E-state index in [1.807, 2.05) is 0 Å². The van der Waals surface area contributed by atoms with Gasteiger partial charge in [0.1, 0.15) is 24.1 Å². The van der Waals surface area contributed by atoms with Crippen LogP contribution in [0.2, 0.25) is 0 Å². The zero-order valence-electron chi connectivity index (χ0n) is 17.8. The molecule has 2 aromatic heterocycles. The van der Waals surface area contributed by atoms with Crippen LogP contribution in [0.1, 0.15) is 11.4 Å². The summed E-state index contributed by atoms with van der Waals surface area (Å²) in [5.41, 5.74) is -1.30. The lowest BCUT2D eigenvalue weighted by atomic mass is 10.1. The molecule has 0 atom stereocenters. The zero-order chi connectivity index (χ0) is 24.6. The van der Waals surface area contributed by atoms with Crippen molar-refractivity contribution in [1.29, 1.82) is 0 Å². The van der Waals surface area contributed by atoms with Crippen LogP contribution in [0.3, 0.4) is 0 Å². The van der Waals surface area contributed by atoms with Crippen LogP contribution in [-0.2, 0) is 20.1 Å². The van der Waals surface area contributed by atoms with Crippen molar-refractivity contribution in [1.82, 2.24) is 23.9 Å². The van der Waals surface area contributed by atoms with Gasteiger partial charge in [0, 0.05) is 11.5 Å². The van der Waals surface area contributed by atoms with E-state index in [4.69, 9.17) is 4.74 Å². The molecule has 0 aliphatic rings. The van der Waals surface area contributed by atoms with Gasteiger partial charge in [-0.2, -0.15) is 5.10 Å². The van der Waals surface area contributed by atoms with E-state index in [9.17, 15) is 22.8 Å². The first-order chi connectivity index (χ1) is 16.2. The molecule has 0 amide bonds. The van der Waals surface area contributed by atoms with Crippen LogP contribution in [0.15, 0.2) is 57.3 Å². The molecule has 0 radical (unpaired) electrons. The fourth-order valence-corrected chi connectivity index (χ4v) is 3.93. The molecule has 176 valence electrons. The molecule has 0 saturated heterocycles. The maximum Gasteiger partial charge on any atom is 0.332 e. The minimum Gasteiger partial charge on any atom is -0.489 e. The smallest absolute Gasteiger partial charge is 0.332 e. The molecule has 4 rings (SSSR count). The van der Waals surface area contributed by atoms with Crippen molar-refractivity contribution < 1.29 is 17.9 Å². The Morgan fingerprint density at radius 2 is 1.79 bits per heavy atom. The van der Waals surface area contributed by atoms with Gasteiger partial charge in [0.2, 0.25) is 0 Å². The van der Waals surface area contributed by atoms with Crippen LogP contribution >= 0.6 is 15.9 Å². The molecule has 0 aliphatic heterocycles. The maximum atomic E-state index is 13.8. The Hall–Kier alpha value is -3.67. The normalized spacial score (nSPS) is 11.2. The molecule has 34 heavy (non-hydrogen) atoms. The highest BCUT2D eigenvalue weighted by Crippen LogP contribution is 2.28. The SMILES string of the molecule is C=CCOc1cc(Br)cc2c1c(=O)n(Cc1ncn(C)n1)c(=O)n2Cc1cc(F)c(F)c(F)c1. The quantitative estimate of drug-likeness (QED) is 0.268. The van der Waals surface area contributed by atoms with E-state index >= 15 is 0 Å². The van der Waals surface area contributed by atoms with E-state index in [0.717, 1.165) is 21.3 Å². The molecule has 2 heterocycles. The van der Waals surface area contributed by atoms with E-state index in [0.29, 0.717) is 4.47 Å².